The average Bonchev–Trinajstić information content (AvgIpc) is 2.37. The molecule has 1 aliphatic rings. The van der Waals surface area contributed by atoms with E-state index >= 15 is 0 Å². The molecule has 0 saturated carbocycles. The summed E-state index contributed by atoms with van der Waals surface area (Å²) >= 11 is 0. The second-order valence-electron chi connectivity index (χ2n) is 5.59. The highest BCUT2D eigenvalue weighted by molar-refractivity contribution is 5.82. The van der Waals surface area contributed by atoms with E-state index in [9.17, 15) is 0 Å². The van der Waals surface area contributed by atoms with Crippen molar-refractivity contribution in [3.8, 4) is 0 Å². The lowest BCUT2D eigenvalue weighted by atomic mass is 9.89. The Morgan fingerprint density at radius 2 is 1.89 bits per heavy atom. The van der Waals surface area contributed by atoms with Crippen LogP contribution in [0.15, 0.2) is 42.5 Å². The van der Waals surface area contributed by atoms with Crippen LogP contribution >= 0.6 is 0 Å². The van der Waals surface area contributed by atoms with Gasteiger partial charge in [-0.25, -0.2) is 0 Å². The molecule has 2 aromatic carbocycles. The van der Waals surface area contributed by atoms with Crippen molar-refractivity contribution in [3.05, 3.63) is 48.0 Å². The van der Waals surface area contributed by atoms with Crippen LogP contribution in [0.5, 0.6) is 0 Å². The monoisotopic (exact) mass is 241 g/mol. The fourth-order valence-corrected chi connectivity index (χ4v) is 2.41. The number of ether oxygens (including phenoxy) is 1. The first-order chi connectivity index (χ1) is 8.75. The van der Waals surface area contributed by atoms with Crippen LogP contribution in [-0.4, -0.2) is 19.8 Å². The van der Waals surface area contributed by atoms with Crippen molar-refractivity contribution in [1.29, 1.82) is 0 Å². The molecule has 2 heteroatoms. The number of benzene rings is 2. The van der Waals surface area contributed by atoms with E-state index in [0.29, 0.717) is 5.41 Å². The van der Waals surface area contributed by atoms with Crippen LogP contribution in [0.4, 0.5) is 0 Å². The summed E-state index contributed by atoms with van der Waals surface area (Å²) in [6, 6.07) is 15.2. The normalized spacial score (nSPS) is 17.6. The van der Waals surface area contributed by atoms with E-state index in [4.69, 9.17) is 4.74 Å². The average molecular weight is 241 g/mol. The molecule has 0 radical (unpaired) electrons. The summed E-state index contributed by atoms with van der Waals surface area (Å²) in [6.07, 6.45) is 0. The molecular weight excluding hydrogens is 222 g/mol. The van der Waals surface area contributed by atoms with Crippen LogP contribution in [-0.2, 0) is 11.3 Å². The van der Waals surface area contributed by atoms with Crippen molar-refractivity contribution < 1.29 is 4.74 Å². The molecule has 1 fully saturated rings. The van der Waals surface area contributed by atoms with Gasteiger partial charge in [0.15, 0.2) is 0 Å². The van der Waals surface area contributed by atoms with Crippen LogP contribution in [0, 0.1) is 5.41 Å². The summed E-state index contributed by atoms with van der Waals surface area (Å²) in [5.41, 5.74) is 1.69. The summed E-state index contributed by atoms with van der Waals surface area (Å²) in [5, 5.41) is 6.15. The van der Waals surface area contributed by atoms with Crippen LogP contribution < -0.4 is 5.32 Å². The first-order valence-corrected chi connectivity index (χ1v) is 6.51. The van der Waals surface area contributed by atoms with Gasteiger partial charge in [-0.2, -0.15) is 0 Å². The second-order valence-corrected chi connectivity index (χ2v) is 5.59. The van der Waals surface area contributed by atoms with Gasteiger partial charge in [0.05, 0.1) is 13.2 Å². The maximum Gasteiger partial charge on any atom is 0.0554 e. The van der Waals surface area contributed by atoms with Gasteiger partial charge in [0.2, 0.25) is 0 Å². The number of hydrogen-bond donors (Lipinski definition) is 1. The lowest BCUT2D eigenvalue weighted by Gasteiger charge is -2.38. The molecule has 0 spiro atoms. The van der Waals surface area contributed by atoms with Crippen molar-refractivity contribution in [2.45, 2.75) is 13.5 Å². The highest BCUT2D eigenvalue weighted by Gasteiger charge is 2.32. The lowest BCUT2D eigenvalue weighted by Crippen LogP contribution is -2.47. The Balaban J connectivity index is 1.64. The van der Waals surface area contributed by atoms with E-state index in [0.717, 1.165) is 26.3 Å². The standard InChI is InChI=1S/C16H19NO/c1-16(11-18-12-16)10-17-9-13-6-7-14-4-2-3-5-15(14)8-13/h2-8,17H,9-12H2,1H3. The third-order valence-corrected chi connectivity index (χ3v) is 3.60. The molecule has 1 aliphatic heterocycles. The molecule has 0 aromatic heterocycles. The van der Waals surface area contributed by atoms with Crippen LogP contribution in [0.1, 0.15) is 12.5 Å². The fourth-order valence-electron chi connectivity index (χ4n) is 2.41. The molecule has 1 heterocycles. The predicted molar refractivity (Wildman–Crippen MR) is 74.6 cm³/mol. The molecule has 1 saturated heterocycles. The van der Waals surface area contributed by atoms with Gasteiger partial charge in [-0.05, 0) is 22.4 Å². The molecule has 0 amide bonds. The van der Waals surface area contributed by atoms with Gasteiger partial charge in [-0.3, -0.25) is 0 Å². The molecule has 2 nitrogen and oxygen atoms in total. The van der Waals surface area contributed by atoms with Gasteiger partial charge in [0, 0.05) is 18.5 Å². The topological polar surface area (TPSA) is 21.3 Å². The van der Waals surface area contributed by atoms with Crippen molar-refractivity contribution in [2.75, 3.05) is 19.8 Å². The minimum Gasteiger partial charge on any atom is -0.380 e. The zero-order valence-electron chi connectivity index (χ0n) is 10.8. The maximum atomic E-state index is 5.26. The number of fused-ring (bicyclic) bond motifs is 1. The van der Waals surface area contributed by atoms with Crippen molar-refractivity contribution >= 4 is 10.8 Å². The lowest BCUT2D eigenvalue weighted by molar-refractivity contribution is -0.0991. The van der Waals surface area contributed by atoms with Crippen molar-refractivity contribution in [2.24, 2.45) is 5.41 Å². The molecule has 0 aliphatic carbocycles. The maximum absolute atomic E-state index is 5.26. The molecule has 94 valence electrons. The third kappa shape index (κ3) is 2.40. The zero-order chi connectivity index (χ0) is 12.4. The quantitative estimate of drug-likeness (QED) is 0.888. The molecule has 1 N–H and O–H groups in total. The Bertz CT molecular complexity index is 546. The molecule has 0 unspecified atom stereocenters. The highest BCUT2D eigenvalue weighted by Crippen LogP contribution is 2.25. The van der Waals surface area contributed by atoms with Crippen LogP contribution in [0.3, 0.4) is 0 Å². The molecule has 3 rings (SSSR count). The van der Waals surface area contributed by atoms with E-state index < -0.39 is 0 Å². The molecule has 0 atom stereocenters. The number of nitrogens with one attached hydrogen (secondary N) is 1. The summed E-state index contributed by atoms with van der Waals surface area (Å²) in [7, 11) is 0. The Kier molecular flexibility index (Phi) is 3.06. The van der Waals surface area contributed by atoms with E-state index in [2.05, 4.69) is 54.7 Å². The number of rotatable bonds is 4. The molecular formula is C16H19NO. The van der Waals surface area contributed by atoms with E-state index in [-0.39, 0.29) is 0 Å². The Labute approximate surface area is 108 Å². The first-order valence-electron chi connectivity index (χ1n) is 6.51. The van der Waals surface area contributed by atoms with E-state index in [1.807, 2.05) is 0 Å². The van der Waals surface area contributed by atoms with Gasteiger partial charge in [-0.15, -0.1) is 0 Å². The summed E-state index contributed by atoms with van der Waals surface area (Å²) in [4.78, 5) is 0. The SMILES string of the molecule is CC1(CNCc2ccc3ccccc3c2)COC1. The van der Waals surface area contributed by atoms with E-state index in [1.165, 1.54) is 16.3 Å². The third-order valence-electron chi connectivity index (χ3n) is 3.60. The van der Waals surface area contributed by atoms with Gasteiger partial charge in [0.1, 0.15) is 0 Å². The Morgan fingerprint density at radius 1 is 1.11 bits per heavy atom. The second kappa shape index (κ2) is 4.71. The molecule has 2 aromatic rings. The van der Waals surface area contributed by atoms with E-state index in [1.54, 1.807) is 0 Å². The highest BCUT2D eigenvalue weighted by atomic mass is 16.5. The van der Waals surface area contributed by atoms with Gasteiger partial charge in [0.25, 0.3) is 0 Å². The van der Waals surface area contributed by atoms with Crippen LogP contribution in [0.2, 0.25) is 0 Å². The predicted octanol–water partition coefficient (Wildman–Crippen LogP) is 2.97. The van der Waals surface area contributed by atoms with Gasteiger partial charge >= 0.3 is 0 Å². The number of hydrogen-bond acceptors (Lipinski definition) is 2. The fraction of sp³-hybridized carbons (Fsp3) is 0.375. The van der Waals surface area contributed by atoms with Crippen LogP contribution in [0.25, 0.3) is 10.8 Å². The summed E-state index contributed by atoms with van der Waals surface area (Å²) < 4.78 is 5.26. The molecule has 18 heavy (non-hydrogen) atoms. The largest absolute Gasteiger partial charge is 0.380 e. The Hall–Kier alpha value is -1.38. The minimum absolute atomic E-state index is 0.344. The Morgan fingerprint density at radius 3 is 2.61 bits per heavy atom. The van der Waals surface area contributed by atoms with Gasteiger partial charge in [-0.1, -0.05) is 43.3 Å². The smallest absolute Gasteiger partial charge is 0.0554 e. The van der Waals surface area contributed by atoms with Gasteiger partial charge < -0.3 is 10.1 Å². The first kappa shape index (κ1) is 11.7. The summed E-state index contributed by atoms with van der Waals surface area (Å²) in [6.45, 7) is 6.00. The minimum atomic E-state index is 0.344. The van der Waals surface area contributed by atoms with Crippen molar-refractivity contribution in [1.82, 2.24) is 5.32 Å². The summed E-state index contributed by atoms with van der Waals surface area (Å²) in [5.74, 6) is 0. The zero-order valence-corrected chi connectivity index (χ0v) is 10.8. The molecule has 0 bridgehead atoms. The van der Waals surface area contributed by atoms with Crippen molar-refractivity contribution in [3.63, 3.8) is 0 Å².